The zero-order valence-corrected chi connectivity index (χ0v) is 18.3. The van der Waals surface area contributed by atoms with E-state index in [2.05, 4.69) is 34.3 Å². The van der Waals surface area contributed by atoms with Crippen LogP contribution in [0.4, 0.5) is 0 Å². The maximum absolute atomic E-state index is 12.2. The van der Waals surface area contributed by atoms with Crippen LogP contribution in [0.2, 0.25) is 0 Å². The summed E-state index contributed by atoms with van der Waals surface area (Å²) < 4.78 is 10.9. The summed E-state index contributed by atoms with van der Waals surface area (Å²) in [6, 6.07) is 9.89. The van der Waals surface area contributed by atoms with Crippen LogP contribution in [-0.2, 0) is 11.3 Å². The summed E-state index contributed by atoms with van der Waals surface area (Å²) in [6.45, 7) is 8.02. The molecule has 1 N–H and O–H groups in total. The lowest BCUT2D eigenvalue weighted by molar-refractivity contribution is -0.116. The Morgan fingerprint density at radius 1 is 1.30 bits per heavy atom. The third-order valence-corrected chi connectivity index (χ3v) is 6.06. The Morgan fingerprint density at radius 2 is 2.13 bits per heavy atom. The fourth-order valence-electron chi connectivity index (χ4n) is 3.50. The van der Waals surface area contributed by atoms with Gasteiger partial charge in [0.05, 0.1) is 7.11 Å². The van der Waals surface area contributed by atoms with E-state index in [9.17, 15) is 4.79 Å². The molecule has 0 radical (unpaired) electrons. The number of piperidine rings is 1. The van der Waals surface area contributed by atoms with Gasteiger partial charge in [-0.3, -0.25) is 9.69 Å². The Bertz CT molecular complexity index is 840. The van der Waals surface area contributed by atoms with Crippen molar-refractivity contribution in [2.45, 2.75) is 19.4 Å². The van der Waals surface area contributed by atoms with Crippen molar-refractivity contribution < 1.29 is 14.3 Å². The number of amides is 1. The number of ether oxygens (including phenoxy) is 2. The van der Waals surface area contributed by atoms with Crippen molar-refractivity contribution in [3.8, 4) is 11.5 Å². The molecule has 5 nitrogen and oxygen atoms in total. The summed E-state index contributed by atoms with van der Waals surface area (Å²) in [5.74, 6) is 1.77. The van der Waals surface area contributed by atoms with Crippen molar-refractivity contribution >= 4 is 23.3 Å². The van der Waals surface area contributed by atoms with E-state index in [1.165, 1.54) is 4.88 Å². The molecule has 1 amide bonds. The van der Waals surface area contributed by atoms with Crippen LogP contribution in [0.15, 0.2) is 54.4 Å². The average Bonchev–Trinajstić information content (AvgIpc) is 3.29. The van der Waals surface area contributed by atoms with Crippen LogP contribution in [-0.4, -0.2) is 44.2 Å². The minimum atomic E-state index is -0.0676. The van der Waals surface area contributed by atoms with Crippen molar-refractivity contribution in [3.63, 3.8) is 0 Å². The summed E-state index contributed by atoms with van der Waals surface area (Å²) in [4.78, 5) is 16.1. The predicted molar refractivity (Wildman–Crippen MR) is 123 cm³/mol. The molecule has 0 saturated carbocycles. The molecule has 1 saturated heterocycles. The number of nitrogens with one attached hydrogen (secondary N) is 1. The number of likely N-dealkylation sites (tertiary alicyclic amines) is 1. The lowest BCUT2D eigenvalue weighted by Gasteiger charge is -2.31. The third kappa shape index (κ3) is 6.75. The van der Waals surface area contributed by atoms with Crippen LogP contribution in [0.1, 0.15) is 23.3 Å². The molecule has 0 spiro atoms. The fraction of sp³-hybridized carbons (Fsp3) is 0.375. The normalized spacial score (nSPS) is 15.2. The van der Waals surface area contributed by atoms with Gasteiger partial charge in [-0.1, -0.05) is 24.8 Å². The van der Waals surface area contributed by atoms with Gasteiger partial charge in [0.25, 0.3) is 0 Å². The van der Waals surface area contributed by atoms with Crippen molar-refractivity contribution in [3.05, 3.63) is 64.9 Å². The van der Waals surface area contributed by atoms with Crippen molar-refractivity contribution in [2.24, 2.45) is 5.92 Å². The molecule has 6 heteroatoms. The molecule has 2 heterocycles. The van der Waals surface area contributed by atoms with Gasteiger partial charge in [0.15, 0.2) is 11.5 Å². The van der Waals surface area contributed by atoms with Gasteiger partial charge in [-0.25, -0.2) is 0 Å². The van der Waals surface area contributed by atoms with E-state index in [0.717, 1.165) is 44.6 Å². The Balaban J connectivity index is 1.41. The van der Waals surface area contributed by atoms with Gasteiger partial charge in [0.2, 0.25) is 5.91 Å². The number of rotatable bonds is 10. The van der Waals surface area contributed by atoms with E-state index in [-0.39, 0.29) is 5.91 Å². The smallest absolute Gasteiger partial charge is 0.244 e. The topological polar surface area (TPSA) is 50.8 Å². The Kier molecular flexibility index (Phi) is 8.53. The minimum Gasteiger partial charge on any atom is -0.493 e. The van der Waals surface area contributed by atoms with E-state index in [4.69, 9.17) is 9.47 Å². The average molecular weight is 427 g/mol. The van der Waals surface area contributed by atoms with Crippen LogP contribution in [0, 0.1) is 5.92 Å². The van der Waals surface area contributed by atoms with Gasteiger partial charge in [0, 0.05) is 24.0 Å². The highest BCUT2D eigenvalue weighted by Crippen LogP contribution is 2.28. The number of carbonyl (C=O) groups is 1. The van der Waals surface area contributed by atoms with E-state index < -0.39 is 0 Å². The number of carbonyl (C=O) groups excluding carboxylic acids is 1. The van der Waals surface area contributed by atoms with Crippen molar-refractivity contribution in [1.82, 2.24) is 10.2 Å². The summed E-state index contributed by atoms with van der Waals surface area (Å²) in [5.41, 5.74) is 0.884. The highest BCUT2D eigenvalue weighted by molar-refractivity contribution is 7.09. The second kappa shape index (κ2) is 11.6. The standard InChI is InChI=1S/C24H30N2O3S/c1-3-14-29-22-8-6-19(16-23(22)28-2)7-9-24(27)25-17-20-10-12-26(13-11-20)18-21-5-4-15-30-21/h3-9,15-16,20H,1,10-14,17-18H2,2H3,(H,25,27)/b9-7+. The lowest BCUT2D eigenvalue weighted by atomic mass is 9.96. The largest absolute Gasteiger partial charge is 0.493 e. The highest BCUT2D eigenvalue weighted by Gasteiger charge is 2.19. The van der Waals surface area contributed by atoms with Gasteiger partial charge in [-0.05, 0) is 67.1 Å². The summed E-state index contributed by atoms with van der Waals surface area (Å²) in [7, 11) is 1.60. The van der Waals surface area contributed by atoms with E-state index in [0.29, 0.717) is 24.0 Å². The first kappa shape index (κ1) is 22.1. The molecule has 1 aliphatic rings. The van der Waals surface area contributed by atoms with Crippen LogP contribution in [0.25, 0.3) is 6.08 Å². The first-order valence-electron chi connectivity index (χ1n) is 10.3. The molecule has 1 fully saturated rings. The molecule has 160 valence electrons. The van der Waals surface area contributed by atoms with E-state index >= 15 is 0 Å². The number of nitrogens with zero attached hydrogens (tertiary/aromatic N) is 1. The molecular formula is C24H30N2O3S. The number of benzene rings is 1. The SMILES string of the molecule is C=CCOc1ccc(/C=C/C(=O)NCC2CCN(Cc3cccs3)CC2)cc1OC. The molecule has 1 aromatic heterocycles. The van der Waals surface area contributed by atoms with Crippen molar-refractivity contribution in [1.29, 1.82) is 0 Å². The number of thiophene rings is 1. The predicted octanol–water partition coefficient (Wildman–Crippen LogP) is 4.36. The molecule has 0 atom stereocenters. The van der Waals surface area contributed by atoms with Crippen LogP contribution >= 0.6 is 11.3 Å². The maximum atomic E-state index is 12.2. The maximum Gasteiger partial charge on any atom is 0.244 e. The Hall–Kier alpha value is -2.57. The first-order valence-corrected chi connectivity index (χ1v) is 11.2. The van der Waals surface area contributed by atoms with Crippen LogP contribution in [0.5, 0.6) is 11.5 Å². The van der Waals surface area contributed by atoms with Gasteiger partial charge in [-0.2, -0.15) is 0 Å². The monoisotopic (exact) mass is 426 g/mol. The molecule has 2 aromatic rings. The Morgan fingerprint density at radius 3 is 2.83 bits per heavy atom. The number of hydrogen-bond acceptors (Lipinski definition) is 5. The summed E-state index contributed by atoms with van der Waals surface area (Å²) in [5, 5.41) is 5.17. The number of hydrogen-bond donors (Lipinski definition) is 1. The van der Waals surface area contributed by atoms with Gasteiger partial charge >= 0.3 is 0 Å². The molecule has 3 rings (SSSR count). The van der Waals surface area contributed by atoms with Crippen molar-refractivity contribution in [2.75, 3.05) is 33.4 Å². The highest BCUT2D eigenvalue weighted by atomic mass is 32.1. The molecule has 1 aliphatic heterocycles. The zero-order valence-electron chi connectivity index (χ0n) is 17.5. The quantitative estimate of drug-likeness (QED) is 0.453. The van der Waals surface area contributed by atoms with Gasteiger partial charge < -0.3 is 14.8 Å². The molecule has 30 heavy (non-hydrogen) atoms. The van der Waals surface area contributed by atoms with E-state index in [1.54, 1.807) is 25.3 Å². The molecule has 0 aliphatic carbocycles. The zero-order chi connectivity index (χ0) is 21.2. The van der Waals surface area contributed by atoms with Gasteiger partial charge in [-0.15, -0.1) is 11.3 Å². The minimum absolute atomic E-state index is 0.0676. The molecule has 1 aromatic carbocycles. The molecule has 0 bridgehead atoms. The lowest BCUT2D eigenvalue weighted by Crippen LogP contribution is -2.37. The second-order valence-corrected chi connectivity index (χ2v) is 8.42. The first-order chi connectivity index (χ1) is 14.7. The summed E-state index contributed by atoms with van der Waals surface area (Å²) in [6.07, 6.45) is 7.30. The third-order valence-electron chi connectivity index (χ3n) is 5.20. The molecular weight excluding hydrogens is 396 g/mol. The molecule has 0 unspecified atom stereocenters. The van der Waals surface area contributed by atoms with Gasteiger partial charge in [0.1, 0.15) is 6.61 Å². The fourth-order valence-corrected chi connectivity index (χ4v) is 4.25. The van der Waals surface area contributed by atoms with Crippen LogP contribution in [0.3, 0.4) is 0 Å². The summed E-state index contributed by atoms with van der Waals surface area (Å²) >= 11 is 1.82. The van der Waals surface area contributed by atoms with E-state index in [1.807, 2.05) is 29.5 Å². The number of methoxy groups -OCH3 is 1. The van der Waals surface area contributed by atoms with Crippen LogP contribution < -0.4 is 14.8 Å². The second-order valence-electron chi connectivity index (χ2n) is 7.39. The Labute approximate surface area is 183 Å².